The number of para-hydroxylation sites is 1. The number of fused-ring (bicyclic) bond motifs is 1. The van der Waals surface area contributed by atoms with Crippen molar-refractivity contribution in [2.75, 3.05) is 5.32 Å². The summed E-state index contributed by atoms with van der Waals surface area (Å²) in [5, 5.41) is 9.40. The van der Waals surface area contributed by atoms with Gasteiger partial charge in [0, 0.05) is 17.0 Å². The van der Waals surface area contributed by atoms with Crippen LogP contribution in [-0.4, -0.2) is 15.7 Å². The first-order valence-electron chi connectivity index (χ1n) is 7.59. The minimum atomic E-state index is -0.490. The van der Waals surface area contributed by atoms with Gasteiger partial charge in [-0.2, -0.15) is 5.10 Å². The van der Waals surface area contributed by atoms with E-state index < -0.39 is 5.91 Å². The molecule has 0 aliphatic heterocycles. The Kier molecular flexibility index (Phi) is 3.91. The lowest BCUT2D eigenvalue weighted by atomic mass is 10.2. The summed E-state index contributed by atoms with van der Waals surface area (Å²) < 4.78 is 7.24. The summed E-state index contributed by atoms with van der Waals surface area (Å²) in [7, 11) is 0. The van der Waals surface area contributed by atoms with Crippen molar-refractivity contribution in [1.82, 2.24) is 9.78 Å². The van der Waals surface area contributed by atoms with Crippen LogP contribution < -0.4 is 10.7 Å². The molecule has 1 amide bonds. The van der Waals surface area contributed by atoms with E-state index in [-0.39, 0.29) is 11.2 Å². The smallest absolute Gasteiger partial charge is 0.292 e. The summed E-state index contributed by atoms with van der Waals surface area (Å²) in [6, 6.07) is 13.7. The topological polar surface area (TPSA) is 77.1 Å². The Morgan fingerprint density at radius 3 is 2.92 bits per heavy atom. The summed E-state index contributed by atoms with van der Waals surface area (Å²) in [6.07, 6.45) is 1.61. The molecule has 4 aromatic rings. The molecule has 0 unspecified atom stereocenters. The number of hydrogen-bond acceptors (Lipinski definition) is 5. The minimum Gasteiger partial charge on any atom is -0.451 e. The molecule has 124 valence electrons. The first-order chi connectivity index (χ1) is 12.2. The number of rotatable bonds is 4. The van der Waals surface area contributed by atoms with E-state index in [1.54, 1.807) is 52.5 Å². The van der Waals surface area contributed by atoms with Gasteiger partial charge in [0.05, 0.1) is 18.1 Å². The first-order valence-corrected chi connectivity index (χ1v) is 8.47. The number of anilines is 1. The second-order valence-corrected chi connectivity index (χ2v) is 6.41. The summed E-state index contributed by atoms with van der Waals surface area (Å²) in [4.78, 5) is 25.7. The number of nitrogens with one attached hydrogen (secondary N) is 1. The van der Waals surface area contributed by atoms with Crippen molar-refractivity contribution in [1.29, 1.82) is 0 Å². The molecule has 0 aliphatic rings. The highest BCUT2D eigenvalue weighted by molar-refractivity contribution is 7.09. The molecule has 3 aromatic heterocycles. The Balaban J connectivity index is 1.61. The zero-order chi connectivity index (χ0) is 17.2. The lowest BCUT2D eigenvalue weighted by molar-refractivity contribution is 0.0996. The van der Waals surface area contributed by atoms with Gasteiger partial charge in [0.1, 0.15) is 11.4 Å². The van der Waals surface area contributed by atoms with Crippen molar-refractivity contribution in [2.45, 2.75) is 6.54 Å². The highest BCUT2D eigenvalue weighted by Gasteiger charge is 2.14. The molecule has 0 radical (unpaired) electrons. The summed E-state index contributed by atoms with van der Waals surface area (Å²) >= 11 is 1.62. The van der Waals surface area contributed by atoms with Gasteiger partial charge in [0.25, 0.3) is 5.91 Å². The van der Waals surface area contributed by atoms with Crippen molar-refractivity contribution in [3.8, 4) is 0 Å². The van der Waals surface area contributed by atoms with Crippen LogP contribution in [-0.2, 0) is 6.54 Å². The average molecular weight is 351 g/mol. The zero-order valence-corrected chi connectivity index (χ0v) is 13.8. The van der Waals surface area contributed by atoms with Crippen LogP contribution >= 0.6 is 11.3 Å². The molecular weight excluding hydrogens is 338 g/mol. The van der Waals surface area contributed by atoms with Crippen LogP contribution in [0.5, 0.6) is 0 Å². The second-order valence-electron chi connectivity index (χ2n) is 5.38. The monoisotopic (exact) mass is 351 g/mol. The molecule has 7 heteroatoms. The van der Waals surface area contributed by atoms with Crippen molar-refractivity contribution in [3.05, 3.63) is 81.0 Å². The van der Waals surface area contributed by atoms with Crippen molar-refractivity contribution in [2.24, 2.45) is 0 Å². The summed E-state index contributed by atoms with van der Waals surface area (Å²) in [6.45, 7) is 0.557. The van der Waals surface area contributed by atoms with Gasteiger partial charge in [0.2, 0.25) is 0 Å². The van der Waals surface area contributed by atoms with Gasteiger partial charge in [-0.3, -0.25) is 9.59 Å². The highest BCUT2D eigenvalue weighted by Crippen LogP contribution is 2.16. The first kappa shape index (κ1) is 15.3. The van der Waals surface area contributed by atoms with E-state index >= 15 is 0 Å². The molecular formula is C18H13N3O3S. The minimum absolute atomic E-state index is 0.0347. The molecule has 3 heterocycles. The molecule has 4 rings (SSSR count). The summed E-state index contributed by atoms with van der Waals surface area (Å²) in [5.41, 5.74) is 0.131. The fourth-order valence-corrected chi connectivity index (χ4v) is 3.19. The van der Waals surface area contributed by atoms with Gasteiger partial charge in [-0.05, 0) is 23.6 Å². The van der Waals surface area contributed by atoms with Crippen molar-refractivity contribution < 1.29 is 9.21 Å². The van der Waals surface area contributed by atoms with Gasteiger partial charge in [-0.15, -0.1) is 11.3 Å². The van der Waals surface area contributed by atoms with Crippen LogP contribution in [0.3, 0.4) is 0 Å². The maximum Gasteiger partial charge on any atom is 0.292 e. The second kappa shape index (κ2) is 6.37. The van der Waals surface area contributed by atoms with Gasteiger partial charge >= 0.3 is 0 Å². The lowest BCUT2D eigenvalue weighted by Gasteiger charge is -2.08. The molecule has 0 aliphatic carbocycles. The molecule has 0 saturated carbocycles. The highest BCUT2D eigenvalue weighted by atomic mass is 32.1. The standard InChI is InChI=1S/C18H13N3O3S/c22-14-10-16(24-15-6-2-1-5-13(14)15)18(23)20-17-7-8-19-21(17)11-12-4-3-9-25-12/h1-10H,11H2,(H,20,23). The molecule has 6 nitrogen and oxygen atoms in total. The van der Waals surface area contributed by atoms with Gasteiger partial charge in [-0.25, -0.2) is 4.68 Å². The summed E-state index contributed by atoms with van der Waals surface area (Å²) in [5.74, 6) is 0.0116. The van der Waals surface area contributed by atoms with E-state index in [2.05, 4.69) is 10.4 Å². The number of carbonyl (C=O) groups excluding carboxylic acids is 1. The van der Waals surface area contributed by atoms with Crippen molar-refractivity contribution in [3.63, 3.8) is 0 Å². The molecule has 0 saturated heterocycles. The SMILES string of the molecule is O=C(Nc1ccnn1Cc1cccs1)c1cc(=O)c2ccccc2o1. The van der Waals surface area contributed by atoms with E-state index in [0.29, 0.717) is 23.3 Å². The van der Waals surface area contributed by atoms with Crippen LogP contribution in [0.2, 0.25) is 0 Å². The largest absolute Gasteiger partial charge is 0.451 e. The van der Waals surface area contributed by atoms with Crippen LogP contribution in [0.15, 0.2) is 69.3 Å². The third-order valence-electron chi connectivity index (χ3n) is 3.70. The number of thiophene rings is 1. The zero-order valence-electron chi connectivity index (χ0n) is 13.0. The van der Waals surface area contributed by atoms with Crippen molar-refractivity contribution >= 4 is 34.0 Å². The number of benzene rings is 1. The molecule has 25 heavy (non-hydrogen) atoms. The predicted octanol–water partition coefficient (Wildman–Crippen LogP) is 3.35. The normalized spacial score (nSPS) is 10.9. The maximum absolute atomic E-state index is 12.5. The molecule has 0 bridgehead atoms. The third kappa shape index (κ3) is 3.09. The van der Waals surface area contributed by atoms with Crippen LogP contribution in [0.4, 0.5) is 5.82 Å². The predicted molar refractivity (Wildman–Crippen MR) is 96.1 cm³/mol. The number of hydrogen-bond donors (Lipinski definition) is 1. The maximum atomic E-state index is 12.5. The van der Waals surface area contributed by atoms with Gasteiger partial charge < -0.3 is 9.73 Å². The van der Waals surface area contributed by atoms with E-state index in [1.807, 2.05) is 17.5 Å². The molecule has 0 spiro atoms. The van der Waals surface area contributed by atoms with Crippen LogP contribution in [0.1, 0.15) is 15.4 Å². The number of nitrogens with zero attached hydrogens (tertiary/aromatic N) is 2. The van der Waals surface area contributed by atoms with E-state index in [0.717, 1.165) is 4.88 Å². The van der Waals surface area contributed by atoms with Crippen LogP contribution in [0, 0.1) is 0 Å². The fraction of sp³-hybridized carbons (Fsp3) is 0.0556. The fourth-order valence-electron chi connectivity index (χ4n) is 2.51. The number of carbonyl (C=O) groups is 1. The van der Waals surface area contributed by atoms with Gasteiger partial charge in [-0.1, -0.05) is 18.2 Å². The average Bonchev–Trinajstić information content (AvgIpc) is 3.28. The number of aromatic nitrogens is 2. The molecule has 0 fully saturated rings. The quantitative estimate of drug-likeness (QED) is 0.612. The Morgan fingerprint density at radius 2 is 2.08 bits per heavy atom. The van der Waals surface area contributed by atoms with E-state index in [4.69, 9.17) is 4.42 Å². The Bertz CT molecular complexity index is 1100. The molecule has 1 N–H and O–H groups in total. The number of amides is 1. The Hall–Kier alpha value is -3.19. The Labute approximate surface area is 146 Å². The Morgan fingerprint density at radius 1 is 1.20 bits per heavy atom. The van der Waals surface area contributed by atoms with E-state index in [9.17, 15) is 9.59 Å². The van der Waals surface area contributed by atoms with Crippen LogP contribution in [0.25, 0.3) is 11.0 Å². The lowest BCUT2D eigenvalue weighted by Crippen LogP contribution is -2.17. The molecule has 1 aromatic carbocycles. The van der Waals surface area contributed by atoms with Gasteiger partial charge in [0.15, 0.2) is 11.2 Å². The molecule has 0 atom stereocenters. The van der Waals surface area contributed by atoms with E-state index in [1.165, 1.54) is 6.07 Å². The third-order valence-corrected chi connectivity index (χ3v) is 4.56.